The lowest BCUT2D eigenvalue weighted by atomic mass is 10.2. The molecule has 2 N–H and O–H groups in total. The minimum absolute atomic E-state index is 0.205. The number of hydrogen-bond donors (Lipinski definition) is 2. The van der Waals surface area contributed by atoms with Crippen LogP contribution in [0.15, 0.2) is 12.4 Å². The minimum Gasteiger partial charge on any atom is -0.393 e. The molecular formula is C9H17N3O. The maximum absolute atomic E-state index is 9.02. The summed E-state index contributed by atoms with van der Waals surface area (Å²) in [4.78, 5) is 4.12. The van der Waals surface area contributed by atoms with Crippen molar-refractivity contribution in [3.8, 4) is 0 Å². The van der Waals surface area contributed by atoms with Crippen molar-refractivity contribution in [3.05, 3.63) is 12.4 Å². The number of hydrogen-bond acceptors (Lipinski definition) is 3. The van der Waals surface area contributed by atoms with E-state index < -0.39 is 0 Å². The maximum Gasteiger partial charge on any atom is 0.202 e. The molecule has 0 saturated heterocycles. The lowest BCUT2D eigenvalue weighted by molar-refractivity contribution is 0.183. The van der Waals surface area contributed by atoms with Crippen molar-refractivity contribution >= 4 is 5.95 Å². The van der Waals surface area contributed by atoms with Crippen LogP contribution in [0.1, 0.15) is 19.8 Å². The molecule has 4 heteroatoms. The van der Waals surface area contributed by atoms with Gasteiger partial charge in [-0.1, -0.05) is 0 Å². The molecule has 0 aromatic carbocycles. The van der Waals surface area contributed by atoms with Crippen molar-refractivity contribution in [2.45, 2.75) is 25.9 Å². The zero-order valence-corrected chi connectivity index (χ0v) is 8.20. The molecule has 1 unspecified atom stereocenters. The predicted octanol–water partition coefficient (Wildman–Crippen LogP) is 0.993. The van der Waals surface area contributed by atoms with Crippen LogP contribution in [0.3, 0.4) is 0 Å². The van der Waals surface area contributed by atoms with Gasteiger partial charge in [0, 0.05) is 26.0 Å². The van der Waals surface area contributed by atoms with Crippen LogP contribution in [-0.4, -0.2) is 27.3 Å². The largest absolute Gasteiger partial charge is 0.393 e. The Labute approximate surface area is 78.6 Å². The molecule has 1 atom stereocenters. The summed E-state index contributed by atoms with van der Waals surface area (Å²) >= 11 is 0. The van der Waals surface area contributed by atoms with E-state index >= 15 is 0 Å². The zero-order valence-electron chi connectivity index (χ0n) is 8.20. The van der Waals surface area contributed by atoms with E-state index in [-0.39, 0.29) is 6.10 Å². The molecule has 0 bridgehead atoms. The lowest BCUT2D eigenvalue weighted by Crippen LogP contribution is -2.09. The van der Waals surface area contributed by atoms with Gasteiger partial charge in [0.25, 0.3) is 0 Å². The van der Waals surface area contributed by atoms with E-state index in [0.29, 0.717) is 0 Å². The quantitative estimate of drug-likeness (QED) is 0.669. The van der Waals surface area contributed by atoms with Crippen LogP contribution in [0.4, 0.5) is 5.95 Å². The number of nitrogens with zero attached hydrogens (tertiary/aromatic N) is 2. The Hall–Kier alpha value is -1.03. The third-order valence-corrected chi connectivity index (χ3v) is 1.90. The van der Waals surface area contributed by atoms with Crippen molar-refractivity contribution in [1.29, 1.82) is 0 Å². The first kappa shape index (κ1) is 10.1. The van der Waals surface area contributed by atoms with E-state index in [4.69, 9.17) is 5.11 Å². The molecule has 0 radical (unpaired) electrons. The van der Waals surface area contributed by atoms with E-state index in [2.05, 4.69) is 10.3 Å². The van der Waals surface area contributed by atoms with Gasteiger partial charge in [-0.25, -0.2) is 4.98 Å². The van der Waals surface area contributed by atoms with Gasteiger partial charge in [-0.2, -0.15) is 0 Å². The monoisotopic (exact) mass is 183 g/mol. The Morgan fingerprint density at radius 3 is 3.00 bits per heavy atom. The van der Waals surface area contributed by atoms with Gasteiger partial charge in [0.1, 0.15) is 0 Å². The number of aliphatic hydroxyl groups is 1. The van der Waals surface area contributed by atoms with E-state index in [1.165, 1.54) is 0 Å². The van der Waals surface area contributed by atoms with Crippen LogP contribution in [-0.2, 0) is 7.05 Å². The van der Waals surface area contributed by atoms with Gasteiger partial charge >= 0.3 is 0 Å². The second-order valence-corrected chi connectivity index (χ2v) is 3.28. The average Bonchev–Trinajstić information content (AvgIpc) is 2.45. The highest BCUT2D eigenvalue weighted by Crippen LogP contribution is 2.02. The van der Waals surface area contributed by atoms with Crippen LogP contribution in [0.2, 0.25) is 0 Å². The van der Waals surface area contributed by atoms with Gasteiger partial charge in [-0.05, 0) is 19.8 Å². The maximum atomic E-state index is 9.02. The highest BCUT2D eigenvalue weighted by molar-refractivity contribution is 5.24. The molecule has 0 fully saturated rings. The molecule has 0 amide bonds. The molecule has 13 heavy (non-hydrogen) atoms. The first-order valence-corrected chi connectivity index (χ1v) is 4.59. The standard InChI is InChI=1S/C9H17N3O/c1-8(13)4-3-5-10-9-11-6-7-12(9)2/h6-8,13H,3-5H2,1-2H3,(H,10,11). The van der Waals surface area contributed by atoms with Crippen LogP contribution in [0, 0.1) is 0 Å². The van der Waals surface area contributed by atoms with E-state index in [1.54, 1.807) is 13.1 Å². The van der Waals surface area contributed by atoms with Gasteiger partial charge in [0.05, 0.1) is 6.10 Å². The fraction of sp³-hybridized carbons (Fsp3) is 0.667. The molecular weight excluding hydrogens is 166 g/mol. The van der Waals surface area contributed by atoms with Gasteiger partial charge in [0.15, 0.2) is 0 Å². The predicted molar refractivity (Wildman–Crippen MR) is 52.6 cm³/mol. The van der Waals surface area contributed by atoms with Crippen molar-refractivity contribution in [1.82, 2.24) is 9.55 Å². The van der Waals surface area contributed by atoms with Crippen molar-refractivity contribution < 1.29 is 5.11 Å². The molecule has 1 heterocycles. The van der Waals surface area contributed by atoms with Gasteiger partial charge in [0.2, 0.25) is 5.95 Å². The molecule has 0 aliphatic rings. The molecule has 0 aliphatic heterocycles. The van der Waals surface area contributed by atoms with Gasteiger partial charge < -0.3 is 15.0 Å². The number of aryl methyl sites for hydroxylation is 1. The molecule has 0 saturated carbocycles. The first-order valence-electron chi connectivity index (χ1n) is 4.59. The SMILES string of the molecule is CC(O)CCCNc1nccn1C. The molecule has 0 spiro atoms. The number of aliphatic hydroxyl groups excluding tert-OH is 1. The molecule has 0 aliphatic carbocycles. The Kier molecular flexibility index (Phi) is 3.76. The Morgan fingerprint density at radius 2 is 2.46 bits per heavy atom. The summed E-state index contributed by atoms with van der Waals surface area (Å²) in [5.74, 6) is 0.880. The van der Waals surface area contributed by atoms with Crippen molar-refractivity contribution in [2.24, 2.45) is 7.05 Å². The summed E-state index contributed by atoms with van der Waals surface area (Å²) in [5.41, 5.74) is 0. The summed E-state index contributed by atoms with van der Waals surface area (Å²) in [7, 11) is 1.95. The first-order chi connectivity index (χ1) is 6.20. The second-order valence-electron chi connectivity index (χ2n) is 3.28. The van der Waals surface area contributed by atoms with E-state index in [1.807, 2.05) is 17.8 Å². The fourth-order valence-electron chi connectivity index (χ4n) is 1.13. The van der Waals surface area contributed by atoms with E-state index in [9.17, 15) is 0 Å². The summed E-state index contributed by atoms with van der Waals surface area (Å²) in [6.45, 7) is 2.66. The Bertz CT molecular complexity index is 245. The summed E-state index contributed by atoms with van der Waals surface area (Å²) in [6.07, 6.45) is 5.25. The number of aromatic nitrogens is 2. The van der Waals surface area contributed by atoms with Crippen LogP contribution in [0.25, 0.3) is 0 Å². The number of anilines is 1. The molecule has 1 aromatic heterocycles. The van der Waals surface area contributed by atoms with Crippen LogP contribution in [0.5, 0.6) is 0 Å². The third-order valence-electron chi connectivity index (χ3n) is 1.90. The Balaban J connectivity index is 2.17. The van der Waals surface area contributed by atoms with Crippen LogP contribution < -0.4 is 5.32 Å². The normalized spacial score (nSPS) is 12.8. The highest BCUT2D eigenvalue weighted by Gasteiger charge is 1.98. The van der Waals surface area contributed by atoms with Crippen molar-refractivity contribution in [3.63, 3.8) is 0 Å². The molecule has 4 nitrogen and oxygen atoms in total. The van der Waals surface area contributed by atoms with Crippen LogP contribution >= 0.6 is 0 Å². The summed E-state index contributed by atoms with van der Waals surface area (Å²) in [5, 5.41) is 12.2. The summed E-state index contributed by atoms with van der Waals surface area (Å²) < 4.78 is 1.93. The third kappa shape index (κ3) is 3.46. The molecule has 1 rings (SSSR count). The number of nitrogens with one attached hydrogen (secondary N) is 1. The van der Waals surface area contributed by atoms with E-state index in [0.717, 1.165) is 25.3 Å². The second kappa shape index (κ2) is 4.87. The molecule has 1 aromatic rings. The summed E-state index contributed by atoms with van der Waals surface area (Å²) in [6, 6.07) is 0. The smallest absolute Gasteiger partial charge is 0.202 e. The van der Waals surface area contributed by atoms with Crippen molar-refractivity contribution in [2.75, 3.05) is 11.9 Å². The lowest BCUT2D eigenvalue weighted by Gasteiger charge is -2.06. The highest BCUT2D eigenvalue weighted by atomic mass is 16.3. The Morgan fingerprint density at radius 1 is 1.69 bits per heavy atom. The average molecular weight is 183 g/mol. The fourth-order valence-corrected chi connectivity index (χ4v) is 1.13. The molecule has 74 valence electrons. The van der Waals surface area contributed by atoms with Gasteiger partial charge in [-0.15, -0.1) is 0 Å². The topological polar surface area (TPSA) is 50.1 Å². The minimum atomic E-state index is -0.205. The zero-order chi connectivity index (χ0) is 9.68. The number of rotatable bonds is 5. The van der Waals surface area contributed by atoms with Gasteiger partial charge in [-0.3, -0.25) is 0 Å². The number of imidazole rings is 1.